The second-order valence-corrected chi connectivity index (χ2v) is 8.93. The van der Waals surface area contributed by atoms with Gasteiger partial charge < -0.3 is 37.6 Å². The van der Waals surface area contributed by atoms with E-state index in [1.54, 1.807) is 38.1 Å². The lowest BCUT2D eigenvalue weighted by Gasteiger charge is -2.26. The van der Waals surface area contributed by atoms with Gasteiger partial charge in [-0.15, -0.1) is 0 Å². The number of unbranched alkanes of at least 4 members (excludes halogenated alkanes) is 1. The zero-order chi connectivity index (χ0) is 26.5. The number of carbonyl (C=O) groups excluding carboxylic acids is 3. The molecule has 11 heteroatoms. The van der Waals surface area contributed by atoms with Crippen LogP contribution < -0.4 is 27.4 Å². The molecule has 5 atom stereocenters. The van der Waals surface area contributed by atoms with Crippen LogP contribution in [0.25, 0.3) is 0 Å². The molecule has 3 amide bonds. The molecule has 9 N–H and O–H groups in total. The van der Waals surface area contributed by atoms with Crippen LogP contribution in [0, 0.1) is 5.92 Å². The van der Waals surface area contributed by atoms with Crippen LogP contribution in [0.1, 0.15) is 45.6 Å². The monoisotopic (exact) mass is 493 g/mol. The van der Waals surface area contributed by atoms with Gasteiger partial charge in [0.05, 0.1) is 12.1 Å². The third-order valence-electron chi connectivity index (χ3n) is 5.56. The largest absolute Gasteiger partial charge is 0.480 e. The van der Waals surface area contributed by atoms with Crippen molar-refractivity contribution >= 4 is 23.7 Å². The van der Waals surface area contributed by atoms with Crippen molar-refractivity contribution in [2.45, 2.75) is 76.7 Å². The number of aliphatic hydroxyl groups is 1. The smallest absolute Gasteiger partial charge is 0.328 e. The first-order chi connectivity index (χ1) is 16.5. The molecule has 0 aliphatic heterocycles. The molecule has 1 rings (SSSR count). The van der Waals surface area contributed by atoms with Gasteiger partial charge in [-0.3, -0.25) is 14.4 Å². The van der Waals surface area contributed by atoms with E-state index in [4.69, 9.17) is 11.5 Å². The zero-order valence-corrected chi connectivity index (χ0v) is 20.6. The summed E-state index contributed by atoms with van der Waals surface area (Å²) in [6.45, 7) is 5.20. The number of benzene rings is 1. The van der Waals surface area contributed by atoms with E-state index >= 15 is 0 Å². The summed E-state index contributed by atoms with van der Waals surface area (Å²) in [7, 11) is 0. The number of hydrogen-bond acceptors (Lipinski definition) is 7. The minimum atomic E-state index is -1.54. The number of nitrogens with two attached hydrogens (primary N) is 2. The molecule has 0 aliphatic carbocycles. The summed E-state index contributed by atoms with van der Waals surface area (Å²) < 4.78 is 0. The van der Waals surface area contributed by atoms with E-state index in [0.717, 1.165) is 5.56 Å². The zero-order valence-electron chi connectivity index (χ0n) is 20.6. The Bertz CT molecular complexity index is 833. The second-order valence-electron chi connectivity index (χ2n) is 8.93. The van der Waals surface area contributed by atoms with Gasteiger partial charge in [-0.05, 0) is 44.2 Å². The quantitative estimate of drug-likeness (QED) is 0.155. The average Bonchev–Trinajstić information content (AvgIpc) is 2.80. The number of hydrogen-bond donors (Lipinski definition) is 7. The Labute approximate surface area is 206 Å². The van der Waals surface area contributed by atoms with E-state index in [1.807, 2.05) is 6.07 Å². The highest BCUT2D eigenvalue weighted by Crippen LogP contribution is 2.08. The lowest BCUT2D eigenvalue weighted by Crippen LogP contribution is -2.59. The molecule has 0 bridgehead atoms. The van der Waals surface area contributed by atoms with Crippen molar-refractivity contribution in [1.29, 1.82) is 0 Å². The predicted octanol–water partition coefficient (Wildman–Crippen LogP) is -0.739. The number of carboxylic acids is 1. The standard InChI is InChI=1S/C24H39N5O6/c1-14(2)19(26)23(33)28-18(13-16-9-5-4-6-10-16)22(32)27-17(11-7-8-12-25)21(31)29-20(15(3)30)24(34)35/h4-6,9-10,14-15,17-20,30H,7-8,11-13,25-26H2,1-3H3,(H,27,32)(H,28,33)(H,29,31)(H,34,35). The van der Waals surface area contributed by atoms with Crippen LogP contribution in [-0.2, 0) is 25.6 Å². The van der Waals surface area contributed by atoms with E-state index in [9.17, 15) is 29.4 Å². The van der Waals surface area contributed by atoms with E-state index in [-0.39, 0.29) is 18.8 Å². The van der Waals surface area contributed by atoms with Crippen LogP contribution in [-0.4, -0.2) is 70.7 Å². The summed E-state index contributed by atoms with van der Waals surface area (Å²) in [5.74, 6) is -3.43. The van der Waals surface area contributed by atoms with Gasteiger partial charge in [0.15, 0.2) is 6.04 Å². The maximum atomic E-state index is 13.2. The van der Waals surface area contributed by atoms with E-state index in [2.05, 4.69) is 16.0 Å². The molecular weight excluding hydrogens is 454 g/mol. The number of amides is 3. The number of carboxylic acid groups (broad SMARTS) is 1. The fraction of sp³-hybridized carbons (Fsp3) is 0.583. The molecular formula is C24H39N5O6. The van der Waals surface area contributed by atoms with Crippen LogP contribution in [0.3, 0.4) is 0 Å². The van der Waals surface area contributed by atoms with Crippen molar-refractivity contribution in [2.75, 3.05) is 6.54 Å². The molecule has 196 valence electrons. The van der Waals surface area contributed by atoms with Crippen LogP contribution in [0.4, 0.5) is 0 Å². The summed E-state index contributed by atoms with van der Waals surface area (Å²) in [5, 5.41) is 26.6. The number of aliphatic hydroxyl groups excluding tert-OH is 1. The average molecular weight is 494 g/mol. The Kier molecular flexibility index (Phi) is 12.9. The minimum absolute atomic E-state index is 0.154. The molecule has 1 aromatic rings. The van der Waals surface area contributed by atoms with Gasteiger partial charge in [0.1, 0.15) is 12.1 Å². The molecule has 0 heterocycles. The molecule has 11 nitrogen and oxygen atoms in total. The highest BCUT2D eigenvalue weighted by molar-refractivity contribution is 5.94. The van der Waals surface area contributed by atoms with Crippen molar-refractivity contribution in [2.24, 2.45) is 17.4 Å². The number of rotatable bonds is 15. The fourth-order valence-electron chi connectivity index (χ4n) is 3.31. The molecule has 0 radical (unpaired) electrons. The van der Waals surface area contributed by atoms with Gasteiger partial charge in [0.2, 0.25) is 17.7 Å². The molecule has 0 saturated carbocycles. The summed E-state index contributed by atoms with van der Waals surface area (Å²) >= 11 is 0. The molecule has 0 aromatic heterocycles. The van der Waals surface area contributed by atoms with Gasteiger partial charge >= 0.3 is 5.97 Å². The topological polar surface area (TPSA) is 197 Å². The molecule has 35 heavy (non-hydrogen) atoms. The first-order valence-electron chi connectivity index (χ1n) is 11.8. The van der Waals surface area contributed by atoms with Crippen molar-refractivity contribution in [3.63, 3.8) is 0 Å². The molecule has 5 unspecified atom stereocenters. The van der Waals surface area contributed by atoms with Gasteiger partial charge in [-0.2, -0.15) is 0 Å². The maximum Gasteiger partial charge on any atom is 0.328 e. The van der Waals surface area contributed by atoms with Crippen molar-refractivity contribution in [3.05, 3.63) is 35.9 Å². The number of nitrogens with one attached hydrogen (secondary N) is 3. The summed E-state index contributed by atoms with van der Waals surface area (Å²) in [6, 6.07) is 4.56. The lowest BCUT2D eigenvalue weighted by atomic mass is 10.0. The van der Waals surface area contributed by atoms with Crippen molar-refractivity contribution < 1.29 is 29.4 Å². The lowest BCUT2D eigenvalue weighted by molar-refractivity contribution is -0.145. The Morgan fingerprint density at radius 3 is 1.97 bits per heavy atom. The van der Waals surface area contributed by atoms with E-state index in [0.29, 0.717) is 19.4 Å². The summed E-state index contributed by atoms with van der Waals surface area (Å²) in [5.41, 5.74) is 12.3. The SMILES string of the molecule is CC(C)C(N)C(=O)NC(Cc1ccccc1)C(=O)NC(CCCCN)C(=O)NC(C(=O)O)C(C)O. The van der Waals surface area contributed by atoms with Gasteiger partial charge in [0, 0.05) is 6.42 Å². The maximum absolute atomic E-state index is 13.2. The highest BCUT2D eigenvalue weighted by Gasteiger charge is 2.32. The van der Waals surface area contributed by atoms with E-state index in [1.165, 1.54) is 6.92 Å². The third-order valence-corrected chi connectivity index (χ3v) is 5.56. The Morgan fingerprint density at radius 2 is 1.46 bits per heavy atom. The summed E-state index contributed by atoms with van der Waals surface area (Å²) in [6.07, 6.45) is 0.0881. The van der Waals surface area contributed by atoms with Crippen LogP contribution in [0.5, 0.6) is 0 Å². The number of carbonyl (C=O) groups is 4. The molecule has 0 aliphatic rings. The van der Waals surface area contributed by atoms with E-state index < -0.39 is 54.0 Å². The highest BCUT2D eigenvalue weighted by atomic mass is 16.4. The van der Waals surface area contributed by atoms with Gasteiger partial charge in [-0.1, -0.05) is 44.2 Å². The van der Waals surface area contributed by atoms with Gasteiger partial charge in [0.25, 0.3) is 0 Å². The Morgan fingerprint density at radius 1 is 0.886 bits per heavy atom. The molecule has 0 spiro atoms. The number of aliphatic carboxylic acids is 1. The predicted molar refractivity (Wildman–Crippen MR) is 131 cm³/mol. The Hall–Kier alpha value is -3.02. The molecule has 1 aromatic carbocycles. The first kappa shape index (κ1) is 30.0. The van der Waals surface area contributed by atoms with Crippen LogP contribution in [0.2, 0.25) is 0 Å². The normalized spacial score (nSPS) is 15.4. The van der Waals surface area contributed by atoms with Gasteiger partial charge in [-0.25, -0.2) is 4.79 Å². The van der Waals surface area contributed by atoms with Crippen molar-refractivity contribution in [1.82, 2.24) is 16.0 Å². The Balaban J connectivity index is 3.10. The van der Waals surface area contributed by atoms with Crippen molar-refractivity contribution in [3.8, 4) is 0 Å². The fourth-order valence-corrected chi connectivity index (χ4v) is 3.31. The van der Waals surface area contributed by atoms with Crippen LogP contribution in [0.15, 0.2) is 30.3 Å². The molecule has 0 fully saturated rings. The second kappa shape index (κ2) is 15.1. The summed E-state index contributed by atoms with van der Waals surface area (Å²) in [4.78, 5) is 50.1. The molecule has 0 saturated heterocycles. The van der Waals surface area contributed by atoms with Crippen LogP contribution >= 0.6 is 0 Å². The third kappa shape index (κ3) is 10.4. The first-order valence-corrected chi connectivity index (χ1v) is 11.8. The minimum Gasteiger partial charge on any atom is -0.480 e.